The van der Waals surface area contributed by atoms with Crippen molar-refractivity contribution in [2.24, 2.45) is 5.73 Å². The van der Waals surface area contributed by atoms with Crippen molar-refractivity contribution in [2.75, 3.05) is 0 Å². The first-order chi connectivity index (χ1) is 18.4. The molecule has 0 fully saturated rings. The summed E-state index contributed by atoms with van der Waals surface area (Å²) in [6, 6.07) is 34.7. The SMILES string of the molecule is NC(=O)C[C@H](C(=O)O)N(C(=O)OCc1ccccc1)C(c1ccccc1)(c1ccccc1)c1ccccc1. The summed E-state index contributed by atoms with van der Waals surface area (Å²) >= 11 is 0. The maximum absolute atomic E-state index is 14.1. The van der Waals surface area contributed by atoms with Crippen molar-refractivity contribution >= 4 is 18.0 Å². The average molecular weight is 509 g/mol. The predicted octanol–water partition coefficient (Wildman–Crippen LogP) is 4.95. The fraction of sp³-hybridized carbons (Fsp3) is 0.129. The van der Waals surface area contributed by atoms with Crippen molar-refractivity contribution < 1.29 is 24.2 Å². The molecule has 2 amide bonds. The summed E-state index contributed by atoms with van der Waals surface area (Å²) in [7, 11) is 0. The number of carbonyl (C=O) groups is 3. The predicted molar refractivity (Wildman–Crippen MR) is 143 cm³/mol. The number of ether oxygens (including phenoxy) is 1. The van der Waals surface area contributed by atoms with Gasteiger partial charge in [0.2, 0.25) is 5.91 Å². The number of nitrogens with zero attached hydrogens (tertiary/aromatic N) is 1. The van der Waals surface area contributed by atoms with Gasteiger partial charge in [0.15, 0.2) is 0 Å². The zero-order valence-corrected chi connectivity index (χ0v) is 20.6. The second kappa shape index (κ2) is 11.9. The fourth-order valence-corrected chi connectivity index (χ4v) is 4.72. The third kappa shape index (κ3) is 5.42. The second-order valence-corrected chi connectivity index (χ2v) is 8.74. The molecule has 4 rings (SSSR count). The first kappa shape index (κ1) is 26.2. The number of hydrogen-bond acceptors (Lipinski definition) is 4. The Labute approximate surface area is 221 Å². The van der Waals surface area contributed by atoms with Crippen molar-refractivity contribution in [1.82, 2.24) is 4.90 Å². The molecule has 0 radical (unpaired) electrons. The molecule has 0 unspecified atom stereocenters. The van der Waals surface area contributed by atoms with Crippen LogP contribution in [-0.2, 0) is 26.5 Å². The highest BCUT2D eigenvalue weighted by atomic mass is 16.6. The van der Waals surface area contributed by atoms with Gasteiger partial charge < -0.3 is 15.6 Å². The van der Waals surface area contributed by atoms with Crippen LogP contribution in [-0.4, -0.2) is 34.0 Å². The molecule has 38 heavy (non-hydrogen) atoms. The molecule has 7 nitrogen and oxygen atoms in total. The van der Waals surface area contributed by atoms with Crippen LogP contribution in [0.15, 0.2) is 121 Å². The number of carboxylic acid groups (broad SMARTS) is 1. The first-order valence-electron chi connectivity index (χ1n) is 12.1. The van der Waals surface area contributed by atoms with Gasteiger partial charge in [0.1, 0.15) is 18.2 Å². The van der Waals surface area contributed by atoms with Gasteiger partial charge in [-0.05, 0) is 22.3 Å². The van der Waals surface area contributed by atoms with Crippen molar-refractivity contribution in [1.29, 1.82) is 0 Å². The Bertz CT molecular complexity index is 1270. The van der Waals surface area contributed by atoms with Gasteiger partial charge in [-0.3, -0.25) is 9.69 Å². The number of benzene rings is 4. The quantitative estimate of drug-likeness (QED) is 0.295. The molecule has 0 heterocycles. The van der Waals surface area contributed by atoms with E-state index in [0.717, 1.165) is 10.5 Å². The lowest BCUT2D eigenvalue weighted by Crippen LogP contribution is -2.59. The van der Waals surface area contributed by atoms with Crippen molar-refractivity contribution in [3.8, 4) is 0 Å². The Morgan fingerprint density at radius 3 is 1.47 bits per heavy atom. The number of amides is 2. The molecule has 0 bridgehead atoms. The Morgan fingerprint density at radius 2 is 1.11 bits per heavy atom. The highest BCUT2D eigenvalue weighted by Crippen LogP contribution is 2.44. The topological polar surface area (TPSA) is 110 Å². The van der Waals surface area contributed by atoms with Gasteiger partial charge in [-0.15, -0.1) is 0 Å². The molecule has 4 aromatic carbocycles. The normalized spacial score (nSPS) is 11.8. The molecular formula is C31H28N2O5. The van der Waals surface area contributed by atoms with Crippen LogP contribution in [0.1, 0.15) is 28.7 Å². The van der Waals surface area contributed by atoms with E-state index in [1.54, 1.807) is 12.1 Å². The van der Waals surface area contributed by atoms with Crippen LogP contribution in [0.2, 0.25) is 0 Å². The van der Waals surface area contributed by atoms with Crippen molar-refractivity contribution in [2.45, 2.75) is 24.6 Å². The number of rotatable bonds is 10. The molecule has 4 aromatic rings. The molecule has 7 heteroatoms. The molecule has 0 saturated heterocycles. The largest absolute Gasteiger partial charge is 0.480 e. The number of hydrogen-bond donors (Lipinski definition) is 2. The number of aliphatic carboxylic acids is 1. The van der Waals surface area contributed by atoms with Gasteiger partial charge >= 0.3 is 12.1 Å². The summed E-state index contributed by atoms with van der Waals surface area (Å²) < 4.78 is 5.74. The third-order valence-electron chi connectivity index (χ3n) is 6.33. The van der Waals surface area contributed by atoms with Crippen LogP contribution in [0.3, 0.4) is 0 Å². The first-order valence-corrected chi connectivity index (χ1v) is 12.1. The zero-order chi connectivity index (χ0) is 27.0. The van der Waals surface area contributed by atoms with E-state index in [-0.39, 0.29) is 6.61 Å². The van der Waals surface area contributed by atoms with Crippen LogP contribution < -0.4 is 5.73 Å². The molecule has 0 spiro atoms. The average Bonchev–Trinajstić information content (AvgIpc) is 2.95. The Hall–Kier alpha value is -4.91. The lowest BCUT2D eigenvalue weighted by molar-refractivity contribution is -0.146. The van der Waals surface area contributed by atoms with Gasteiger partial charge in [0.25, 0.3) is 0 Å². The molecule has 1 atom stereocenters. The molecular weight excluding hydrogens is 480 g/mol. The second-order valence-electron chi connectivity index (χ2n) is 8.74. The minimum Gasteiger partial charge on any atom is -0.480 e. The van der Waals surface area contributed by atoms with Gasteiger partial charge in [0, 0.05) is 0 Å². The molecule has 0 aromatic heterocycles. The van der Waals surface area contributed by atoms with E-state index >= 15 is 0 Å². The van der Waals surface area contributed by atoms with Crippen molar-refractivity contribution in [3.63, 3.8) is 0 Å². The molecule has 3 N–H and O–H groups in total. The minimum atomic E-state index is -1.63. The molecule has 192 valence electrons. The maximum atomic E-state index is 14.1. The van der Waals surface area contributed by atoms with E-state index in [4.69, 9.17) is 10.5 Å². The number of primary amides is 1. The number of nitrogens with two attached hydrogens (primary N) is 1. The zero-order valence-electron chi connectivity index (χ0n) is 20.6. The minimum absolute atomic E-state index is 0.0897. The monoisotopic (exact) mass is 508 g/mol. The summed E-state index contributed by atoms with van der Waals surface area (Å²) in [5.74, 6) is -2.24. The Kier molecular flexibility index (Phi) is 8.18. The van der Waals surface area contributed by atoms with E-state index < -0.39 is 36.0 Å². The van der Waals surface area contributed by atoms with Crippen molar-refractivity contribution in [3.05, 3.63) is 144 Å². The lowest BCUT2D eigenvalue weighted by Gasteiger charge is -2.47. The summed E-state index contributed by atoms with van der Waals surface area (Å²) in [5.41, 5.74) is 6.61. The van der Waals surface area contributed by atoms with Gasteiger partial charge in [-0.25, -0.2) is 9.59 Å². The smallest absolute Gasteiger partial charge is 0.412 e. The Balaban J connectivity index is 2.02. The van der Waals surface area contributed by atoms with Gasteiger partial charge in [-0.1, -0.05) is 121 Å². The maximum Gasteiger partial charge on any atom is 0.412 e. The molecule has 0 aliphatic carbocycles. The van der Waals surface area contributed by atoms with Crippen LogP contribution in [0.5, 0.6) is 0 Å². The van der Waals surface area contributed by atoms with Gasteiger partial charge in [0.05, 0.1) is 6.42 Å². The van der Waals surface area contributed by atoms with Crippen LogP contribution in [0, 0.1) is 0 Å². The summed E-state index contributed by atoms with van der Waals surface area (Å²) in [6.07, 6.45) is -1.51. The molecule has 0 aliphatic rings. The number of carbonyl (C=O) groups excluding carboxylic acids is 2. The third-order valence-corrected chi connectivity index (χ3v) is 6.33. The highest BCUT2D eigenvalue weighted by Gasteiger charge is 2.51. The van der Waals surface area contributed by atoms with Gasteiger partial charge in [-0.2, -0.15) is 0 Å². The fourth-order valence-electron chi connectivity index (χ4n) is 4.72. The van der Waals surface area contributed by atoms with E-state index in [1.807, 2.05) is 109 Å². The lowest BCUT2D eigenvalue weighted by atomic mass is 9.74. The standard InChI is InChI=1S/C31H28N2O5/c32-28(34)21-27(29(35)36)33(30(37)38-22-23-13-5-1-6-14-23)31(24-15-7-2-8-16-24,25-17-9-3-10-18-25)26-19-11-4-12-20-26/h1-20,27H,21-22H2,(H2,32,34)(H,35,36)/t27-/m1/s1. The van der Waals surface area contributed by atoms with E-state index in [0.29, 0.717) is 16.7 Å². The summed E-state index contributed by atoms with van der Waals surface area (Å²) in [6.45, 7) is -0.0897. The highest BCUT2D eigenvalue weighted by molar-refractivity contribution is 5.87. The number of carboxylic acids is 1. The summed E-state index contributed by atoms with van der Waals surface area (Å²) in [5, 5.41) is 10.4. The van der Waals surface area contributed by atoms with Crippen LogP contribution in [0.25, 0.3) is 0 Å². The van der Waals surface area contributed by atoms with E-state index in [9.17, 15) is 19.5 Å². The van der Waals surface area contributed by atoms with E-state index in [1.165, 1.54) is 0 Å². The Morgan fingerprint density at radius 1 is 0.711 bits per heavy atom. The summed E-state index contributed by atoms with van der Waals surface area (Å²) in [4.78, 5) is 40.1. The molecule has 0 saturated carbocycles. The van der Waals surface area contributed by atoms with Crippen LogP contribution >= 0.6 is 0 Å². The van der Waals surface area contributed by atoms with Crippen LogP contribution in [0.4, 0.5) is 4.79 Å². The molecule has 0 aliphatic heterocycles. The van der Waals surface area contributed by atoms with E-state index in [2.05, 4.69) is 0 Å².